The van der Waals surface area contributed by atoms with Crippen LogP contribution in [0.2, 0.25) is 10.0 Å². The standard InChI is InChI=1S/C22H25Cl2N3O2/c1-14-6-7-15(2)19(12-14)26-21(29)13-27(16-8-9-16)11-10-20(28)25-18-5-3-4-17(23)22(18)24/h3-7,12,16H,8-11,13H2,1-2H3,(H,25,28)(H,26,29). The minimum absolute atomic E-state index is 0.0658. The Morgan fingerprint density at radius 3 is 2.48 bits per heavy atom. The second-order valence-corrected chi connectivity index (χ2v) is 8.25. The summed E-state index contributed by atoms with van der Waals surface area (Å²) in [5, 5.41) is 6.51. The minimum atomic E-state index is -0.158. The Morgan fingerprint density at radius 1 is 1.03 bits per heavy atom. The van der Waals surface area contributed by atoms with E-state index in [0.29, 0.717) is 28.3 Å². The van der Waals surface area contributed by atoms with Gasteiger partial charge in [0, 0.05) is 24.7 Å². The van der Waals surface area contributed by atoms with Crippen LogP contribution in [0.3, 0.4) is 0 Å². The van der Waals surface area contributed by atoms with Gasteiger partial charge < -0.3 is 10.6 Å². The lowest BCUT2D eigenvalue weighted by Crippen LogP contribution is -2.37. The predicted molar refractivity (Wildman–Crippen MR) is 119 cm³/mol. The molecule has 0 aromatic heterocycles. The summed E-state index contributed by atoms with van der Waals surface area (Å²) in [4.78, 5) is 27.0. The molecule has 1 saturated carbocycles. The van der Waals surface area contributed by atoms with E-state index in [-0.39, 0.29) is 24.8 Å². The molecule has 3 rings (SSSR count). The lowest BCUT2D eigenvalue weighted by atomic mass is 10.1. The topological polar surface area (TPSA) is 61.4 Å². The number of rotatable bonds is 8. The van der Waals surface area contributed by atoms with Crippen molar-refractivity contribution < 1.29 is 9.59 Å². The summed E-state index contributed by atoms with van der Waals surface area (Å²) in [6, 6.07) is 11.5. The van der Waals surface area contributed by atoms with E-state index in [1.807, 2.05) is 32.0 Å². The molecule has 0 bridgehead atoms. The number of nitrogens with zero attached hydrogens (tertiary/aromatic N) is 1. The van der Waals surface area contributed by atoms with Crippen molar-refractivity contribution in [2.75, 3.05) is 23.7 Å². The van der Waals surface area contributed by atoms with Crippen LogP contribution in [-0.4, -0.2) is 35.8 Å². The number of amides is 2. The van der Waals surface area contributed by atoms with Crippen LogP contribution < -0.4 is 10.6 Å². The van der Waals surface area contributed by atoms with Crippen molar-refractivity contribution in [3.05, 3.63) is 57.6 Å². The first-order valence-electron chi connectivity index (χ1n) is 9.68. The Balaban J connectivity index is 1.53. The van der Waals surface area contributed by atoms with Gasteiger partial charge in [-0.1, -0.05) is 41.4 Å². The zero-order valence-electron chi connectivity index (χ0n) is 16.6. The zero-order chi connectivity index (χ0) is 21.0. The largest absolute Gasteiger partial charge is 0.325 e. The van der Waals surface area contributed by atoms with Gasteiger partial charge in [-0.15, -0.1) is 0 Å². The molecule has 1 aliphatic rings. The second-order valence-electron chi connectivity index (χ2n) is 7.47. The average molecular weight is 434 g/mol. The van der Waals surface area contributed by atoms with Crippen molar-refractivity contribution in [2.45, 2.75) is 39.2 Å². The molecule has 0 saturated heterocycles. The Morgan fingerprint density at radius 2 is 1.76 bits per heavy atom. The molecule has 29 heavy (non-hydrogen) atoms. The van der Waals surface area contributed by atoms with Crippen LogP contribution in [0.25, 0.3) is 0 Å². The summed E-state index contributed by atoms with van der Waals surface area (Å²) in [6.07, 6.45) is 2.38. The number of benzene rings is 2. The van der Waals surface area contributed by atoms with Gasteiger partial charge in [-0.25, -0.2) is 0 Å². The Labute approximate surface area is 181 Å². The summed E-state index contributed by atoms with van der Waals surface area (Å²) in [5.74, 6) is -0.223. The van der Waals surface area contributed by atoms with E-state index in [9.17, 15) is 9.59 Å². The van der Waals surface area contributed by atoms with E-state index >= 15 is 0 Å². The smallest absolute Gasteiger partial charge is 0.238 e. The minimum Gasteiger partial charge on any atom is -0.325 e. The van der Waals surface area contributed by atoms with Gasteiger partial charge in [0.15, 0.2) is 0 Å². The molecule has 5 nitrogen and oxygen atoms in total. The number of anilines is 2. The highest BCUT2D eigenvalue weighted by Gasteiger charge is 2.30. The molecule has 2 aromatic carbocycles. The molecular weight excluding hydrogens is 409 g/mol. The first-order valence-corrected chi connectivity index (χ1v) is 10.4. The van der Waals surface area contributed by atoms with E-state index in [1.54, 1.807) is 18.2 Å². The van der Waals surface area contributed by atoms with Gasteiger partial charge in [0.05, 0.1) is 22.3 Å². The Kier molecular flexibility index (Phi) is 7.17. The molecule has 2 N–H and O–H groups in total. The van der Waals surface area contributed by atoms with Crippen LogP contribution >= 0.6 is 23.2 Å². The molecule has 0 spiro atoms. The number of hydrogen-bond donors (Lipinski definition) is 2. The maximum atomic E-state index is 12.6. The van der Waals surface area contributed by atoms with E-state index in [4.69, 9.17) is 23.2 Å². The summed E-state index contributed by atoms with van der Waals surface area (Å²) >= 11 is 12.1. The van der Waals surface area contributed by atoms with Crippen molar-refractivity contribution in [3.8, 4) is 0 Å². The Hall–Kier alpha value is -2.08. The van der Waals surface area contributed by atoms with E-state index in [1.165, 1.54) is 0 Å². The monoisotopic (exact) mass is 433 g/mol. The number of carbonyl (C=O) groups excluding carboxylic acids is 2. The second kappa shape index (κ2) is 9.61. The highest BCUT2D eigenvalue weighted by atomic mass is 35.5. The average Bonchev–Trinajstić information content (AvgIpc) is 3.50. The van der Waals surface area contributed by atoms with Crippen LogP contribution in [0.5, 0.6) is 0 Å². The number of carbonyl (C=O) groups is 2. The molecule has 2 aromatic rings. The van der Waals surface area contributed by atoms with Gasteiger partial charge >= 0.3 is 0 Å². The van der Waals surface area contributed by atoms with E-state index in [0.717, 1.165) is 29.7 Å². The maximum absolute atomic E-state index is 12.6. The van der Waals surface area contributed by atoms with E-state index < -0.39 is 0 Å². The summed E-state index contributed by atoms with van der Waals surface area (Å²) in [7, 11) is 0. The molecule has 0 aliphatic heterocycles. The maximum Gasteiger partial charge on any atom is 0.238 e. The highest BCUT2D eigenvalue weighted by molar-refractivity contribution is 6.43. The van der Waals surface area contributed by atoms with Crippen molar-refractivity contribution >= 4 is 46.4 Å². The molecule has 2 amide bonds. The van der Waals surface area contributed by atoms with Crippen molar-refractivity contribution in [2.24, 2.45) is 0 Å². The predicted octanol–water partition coefficient (Wildman–Crippen LogP) is 5.04. The lowest BCUT2D eigenvalue weighted by molar-refractivity contribution is -0.119. The summed E-state index contributed by atoms with van der Waals surface area (Å²) in [5.41, 5.74) is 3.45. The molecule has 0 unspecified atom stereocenters. The third kappa shape index (κ3) is 6.20. The zero-order valence-corrected chi connectivity index (χ0v) is 18.1. The molecular formula is C22H25Cl2N3O2. The molecule has 7 heteroatoms. The van der Waals surface area contributed by atoms with Crippen molar-refractivity contribution in [1.29, 1.82) is 0 Å². The molecule has 0 radical (unpaired) electrons. The SMILES string of the molecule is Cc1ccc(C)c(NC(=O)CN(CCC(=O)Nc2cccc(Cl)c2Cl)C2CC2)c1. The van der Waals surface area contributed by atoms with Crippen LogP contribution in [0.15, 0.2) is 36.4 Å². The molecule has 0 atom stereocenters. The number of hydrogen-bond acceptors (Lipinski definition) is 3. The number of nitrogens with one attached hydrogen (secondary N) is 2. The normalized spacial score (nSPS) is 13.4. The van der Waals surface area contributed by atoms with Crippen molar-refractivity contribution in [1.82, 2.24) is 4.90 Å². The molecule has 1 fully saturated rings. The van der Waals surface area contributed by atoms with Gasteiger partial charge in [-0.3, -0.25) is 14.5 Å². The van der Waals surface area contributed by atoms with Crippen molar-refractivity contribution in [3.63, 3.8) is 0 Å². The van der Waals surface area contributed by atoms with E-state index in [2.05, 4.69) is 15.5 Å². The Bertz CT molecular complexity index is 913. The lowest BCUT2D eigenvalue weighted by Gasteiger charge is -2.21. The number of aryl methyl sites for hydroxylation is 2. The first kappa shape index (κ1) is 21.6. The van der Waals surface area contributed by atoms with Crippen LogP contribution in [0.1, 0.15) is 30.4 Å². The van der Waals surface area contributed by atoms with Gasteiger partial charge in [0.2, 0.25) is 11.8 Å². The van der Waals surface area contributed by atoms with Gasteiger partial charge in [-0.05, 0) is 56.0 Å². The van der Waals surface area contributed by atoms with Crippen LogP contribution in [0.4, 0.5) is 11.4 Å². The fourth-order valence-corrected chi connectivity index (χ4v) is 3.48. The fraction of sp³-hybridized carbons (Fsp3) is 0.364. The molecule has 0 heterocycles. The van der Waals surface area contributed by atoms with Gasteiger partial charge in [-0.2, -0.15) is 0 Å². The third-order valence-electron chi connectivity index (χ3n) is 4.93. The fourth-order valence-electron chi connectivity index (χ4n) is 3.13. The third-order valence-corrected chi connectivity index (χ3v) is 5.75. The molecule has 1 aliphatic carbocycles. The summed E-state index contributed by atoms with van der Waals surface area (Å²) < 4.78 is 0. The van der Waals surface area contributed by atoms with Crippen LogP contribution in [0, 0.1) is 13.8 Å². The van der Waals surface area contributed by atoms with Gasteiger partial charge in [0.25, 0.3) is 0 Å². The highest BCUT2D eigenvalue weighted by Crippen LogP contribution is 2.30. The van der Waals surface area contributed by atoms with Crippen LogP contribution in [-0.2, 0) is 9.59 Å². The van der Waals surface area contributed by atoms with Gasteiger partial charge in [0.1, 0.15) is 0 Å². The first-order chi connectivity index (χ1) is 13.8. The number of halogens is 2. The quantitative estimate of drug-likeness (QED) is 0.612. The molecule has 154 valence electrons. The summed E-state index contributed by atoms with van der Waals surface area (Å²) in [6.45, 7) is 4.74.